The number of allylic oxidation sites excluding steroid dienone is 1. The summed E-state index contributed by atoms with van der Waals surface area (Å²) in [5, 5.41) is 9.29. The predicted octanol–water partition coefficient (Wildman–Crippen LogP) is 3.76. The fraction of sp³-hybridized carbons (Fsp3) is 0.438. The lowest BCUT2D eigenvalue weighted by Gasteiger charge is -2.10. The van der Waals surface area contributed by atoms with E-state index < -0.39 is 0 Å². The quantitative estimate of drug-likeness (QED) is 0.823. The minimum Gasteiger partial charge on any atom is -0.402 e. The fourth-order valence-corrected chi connectivity index (χ4v) is 1.70. The van der Waals surface area contributed by atoms with Crippen molar-refractivity contribution in [1.29, 1.82) is 0 Å². The number of aliphatic hydroxyl groups is 1. The summed E-state index contributed by atoms with van der Waals surface area (Å²) in [7, 11) is 1.69. The fourth-order valence-electron chi connectivity index (χ4n) is 1.43. The van der Waals surface area contributed by atoms with Crippen LogP contribution in [-0.4, -0.2) is 24.5 Å². The second-order valence-corrected chi connectivity index (χ2v) is 6.05. The number of hydrogen-bond acceptors (Lipinski definition) is 3. The highest BCUT2D eigenvalue weighted by atomic mass is 79.9. The molecule has 0 fully saturated rings. The van der Waals surface area contributed by atoms with E-state index in [4.69, 9.17) is 5.73 Å². The maximum atomic E-state index is 9.29. The van der Waals surface area contributed by atoms with Crippen molar-refractivity contribution in [3.63, 3.8) is 0 Å². The zero-order valence-electron chi connectivity index (χ0n) is 12.9. The van der Waals surface area contributed by atoms with Gasteiger partial charge in [-0.05, 0) is 25.0 Å². The average molecular weight is 341 g/mol. The Balaban J connectivity index is 0.000000796. The van der Waals surface area contributed by atoms with Crippen molar-refractivity contribution >= 4 is 21.6 Å². The lowest BCUT2D eigenvalue weighted by atomic mass is 10.0. The number of aliphatic hydroxyl groups excluding tert-OH is 1. The molecule has 0 atom stereocenters. The molecule has 0 aliphatic heterocycles. The number of hydrogen-bond donors (Lipinski definition) is 2. The van der Waals surface area contributed by atoms with Gasteiger partial charge in [-0.1, -0.05) is 48.8 Å². The van der Waals surface area contributed by atoms with E-state index in [1.807, 2.05) is 24.3 Å². The molecule has 0 amide bonds. The second kappa shape index (κ2) is 9.72. The van der Waals surface area contributed by atoms with Crippen molar-refractivity contribution in [2.45, 2.75) is 27.7 Å². The predicted molar refractivity (Wildman–Crippen MR) is 91.1 cm³/mol. The molecule has 0 unspecified atom stereocenters. The molecule has 3 nitrogen and oxygen atoms in total. The van der Waals surface area contributed by atoms with Gasteiger partial charge in [0.15, 0.2) is 0 Å². The van der Waals surface area contributed by atoms with Crippen LogP contribution in [0.4, 0.5) is 0 Å². The van der Waals surface area contributed by atoms with Crippen LogP contribution in [0.2, 0.25) is 0 Å². The Morgan fingerprint density at radius 2 is 1.70 bits per heavy atom. The second-order valence-electron chi connectivity index (χ2n) is 5.13. The maximum absolute atomic E-state index is 9.29. The molecule has 0 aromatic heterocycles. The van der Waals surface area contributed by atoms with E-state index in [0.717, 1.165) is 21.7 Å². The van der Waals surface area contributed by atoms with E-state index in [2.05, 4.69) is 41.7 Å². The van der Waals surface area contributed by atoms with Crippen LogP contribution in [0.3, 0.4) is 0 Å². The van der Waals surface area contributed by atoms with Crippen LogP contribution in [0, 0.1) is 5.92 Å². The number of halogens is 1. The highest BCUT2D eigenvalue weighted by Gasteiger charge is 2.10. The molecular formula is C16H25BrN2O. The summed E-state index contributed by atoms with van der Waals surface area (Å²) in [5.74, 6) is 0.833. The molecule has 0 aliphatic rings. The van der Waals surface area contributed by atoms with E-state index in [1.54, 1.807) is 14.0 Å². The van der Waals surface area contributed by atoms with Crippen molar-refractivity contribution in [2.24, 2.45) is 16.6 Å². The number of benzene rings is 1. The van der Waals surface area contributed by atoms with Gasteiger partial charge >= 0.3 is 0 Å². The monoisotopic (exact) mass is 340 g/mol. The van der Waals surface area contributed by atoms with Gasteiger partial charge in [0.25, 0.3) is 0 Å². The highest BCUT2D eigenvalue weighted by Crippen LogP contribution is 2.15. The topological polar surface area (TPSA) is 58.6 Å². The van der Waals surface area contributed by atoms with E-state index >= 15 is 0 Å². The Morgan fingerprint density at radius 3 is 2.00 bits per heavy atom. The lowest BCUT2D eigenvalue weighted by molar-refractivity contribution is 0.336. The first-order chi connectivity index (χ1) is 9.33. The Bertz CT molecular complexity index is 455. The first kappa shape index (κ1) is 18.9. The number of rotatable bonds is 3. The minimum atomic E-state index is -0.106. The molecule has 0 saturated carbocycles. The van der Waals surface area contributed by atoms with Gasteiger partial charge in [0.1, 0.15) is 0 Å². The highest BCUT2D eigenvalue weighted by molar-refractivity contribution is 9.10. The molecule has 3 N–H and O–H groups in total. The molecule has 0 spiro atoms. The summed E-state index contributed by atoms with van der Waals surface area (Å²) in [6, 6.07) is 7.73. The van der Waals surface area contributed by atoms with E-state index in [0.29, 0.717) is 11.3 Å². The third kappa shape index (κ3) is 6.87. The molecule has 1 aromatic rings. The number of nitrogens with zero attached hydrogens (tertiary/aromatic N) is 1. The Labute approximate surface area is 130 Å². The third-order valence-electron chi connectivity index (χ3n) is 2.26. The van der Waals surface area contributed by atoms with Crippen molar-refractivity contribution in [2.75, 3.05) is 13.7 Å². The van der Waals surface area contributed by atoms with Crippen molar-refractivity contribution in [3.05, 3.63) is 45.6 Å². The number of nitrogens with two attached hydrogens (primary N) is 1. The first-order valence-corrected chi connectivity index (χ1v) is 7.41. The van der Waals surface area contributed by atoms with Crippen LogP contribution in [0.5, 0.6) is 0 Å². The van der Waals surface area contributed by atoms with Gasteiger partial charge in [-0.2, -0.15) is 0 Å². The summed E-state index contributed by atoms with van der Waals surface area (Å²) in [4.78, 5) is 4.18. The number of aliphatic imine (C=N–C) groups is 1. The van der Waals surface area contributed by atoms with E-state index in [1.165, 1.54) is 0 Å². The lowest BCUT2D eigenvalue weighted by Crippen LogP contribution is -2.14. The van der Waals surface area contributed by atoms with Gasteiger partial charge in [0.2, 0.25) is 0 Å². The van der Waals surface area contributed by atoms with Gasteiger partial charge in [0.05, 0.1) is 12.3 Å². The average Bonchev–Trinajstić information content (AvgIpc) is 2.36. The largest absolute Gasteiger partial charge is 0.402 e. The summed E-state index contributed by atoms with van der Waals surface area (Å²) < 4.78 is 1.01. The zero-order chi connectivity index (χ0) is 15.7. The summed E-state index contributed by atoms with van der Waals surface area (Å²) in [6.45, 7) is 8.15. The van der Waals surface area contributed by atoms with Gasteiger partial charge in [0, 0.05) is 28.4 Å². The molecule has 112 valence electrons. The minimum absolute atomic E-state index is 0.106. The van der Waals surface area contributed by atoms with E-state index in [-0.39, 0.29) is 6.61 Å². The van der Waals surface area contributed by atoms with Crippen LogP contribution in [0.25, 0.3) is 0 Å². The SMILES string of the molecule is CC(C)C.CN=C(/C(CO)=C(/C)N)c1ccc(Br)cc1. The molecule has 0 heterocycles. The van der Waals surface area contributed by atoms with Crippen LogP contribution in [-0.2, 0) is 0 Å². The molecule has 0 radical (unpaired) electrons. The van der Waals surface area contributed by atoms with Crippen molar-refractivity contribution in [1.82, 2.24) is 0 Å². The third-order valence-corrected chi connectivity index (χ3v) is 2.79. The maximum Gasteiger partial charge on any atom is 0.0719 e. The van der Waals surface area contributed by atoms with Gasteiger partial charge in [-0.3, -0.25) is 4.99 Å². The summed E-state index contributed by atoms with van der Waals surface area (Å²) >= 11 is 3.37. The smallest absolute Gasteiger partial charge is 0.0719 e. The van der Waals surface area contributed by atoms with Gasteiger partial charge < -0.3 is 10.8 Å². The Hall–Kier alpha value is -1.13. The molecule has 1 aromatic carbocycles. The molecular weight excluding hydrogens is 316 g/mol. The molecule has 0 aliphatic carbocycles. The van der Waals surface area contributed by atoms with Gasteiger partial charge in [-0.15, -0.1) is 0 Å². The molecule has 1 rings (SSSR count). The molecule has 4 heteroatoms. The molecule has 0 bridgehead atoms. The summed E-state index contributed by atoms with van der Waals surface area (Å²) in [6.07, 6.45) is 0. The Kier molecular flexibility index (Phi) is 9.17. The normalized spacial score (nSPS) is 12.7. The van der Waals surface area contributed by atoms with E-state index in [9.17, 15) is 5.11 Å². The standard InChI is InChI=1S/C12H15BrN2O.C4H10/c1-8(14)11(7-16)12(15-2)9-3-5-10(13)6-4-9;1-4(2)3/h3-6,16H,7,14H2,1-2H3;4H,1-3H3/b11-8-,15-12?;. The van der Waals surface area contributed by atoms with Crippen LogP contribution < -0.4 is 5.73 Å². The van der Waals surface area contributed by atoms with Crippen LogP contribution in [0.15, 0.2) is 45.0 Å². The van der Waals surface area contributed by atoms with Crippen molar-refractivity contribution in [3.8, 4) is 0 Å². The first-order valence-electron chi connectivity index (χ1n) is 6.62. The zero-order valence-corrected chi connectivity index (χ0v) is 14.5. The van der Waals surface area contributed by atoms with Gasteiger partial charge in [-0.25, -0.2) is 0 Å². The van der Waals surface area contributed by atoms with Crippen molar-refractivity contribution < 1.29 is 5.11 Å². The molecule has 0 saturated heterocycles. The van der Waals surface area contributed by atoms with Crippen LogP contribution in [0.1, 0.15) is 33.3 Å². The Morgan fingerprint density at radius 1 is 1.25 bits per heavy atom. The summed E-state index contributed by atoms with van der Waals surface area (Å²) in [5.41, 5.74) is 8.66. The van der Waals surface area contributed by atoms with Crippen LogP contribution >= 0.6 is 15.9 Å². The molecule has 20 heavy (non-hydrogen) atoms.